The van der Waals surface area contributed by atoms with Crippen molar-refractivity contribution in [2.45, 2.75) is 37.6 Å². The Morgan fingerprint density at radius 3 is 2.67 bits per heavy atom. The number of aromatic nitrogens is 2. The molecule has 0 atom stereocenters. The van der Waals surface area contributed by atoms with Gasteiger partial charge >= 0.3 is 0 Å². The molecule has 0 amide bonds. The summed E-state index contributed by atoms with van der Waals surface area (Å²) in [5, 5.41) is 0. The second kappa shape index (κ2) is 4.99. The third kappa shape index (κ3) is 2.81. The second-order valence-electron chi connectivity index (χ2n) is 6.26. The van der Waals surface area contributed by atoms with Crippen molar-refractivity contribution in [3.63, 3.8) is 0 Å². The van der Waals surface area contributed by atoms with Gasteiger partial charge in [0.1, 0.15) is 11.3 Å². The van der Waals surface area contributed by atoms with Crippen LogP contribution in [0.15, 0.2) is 23.1 Å². The minimum atomic E-state index is -3.28. The van der Waals surface area contributed by atoms with Crippen molar-refractivity contribution in [2.24, 2.45) is 5.41 Å². The molecular formula is C15H19ClN2O2S. The number of halogens is 1. The molecule has 0 radical (unpaired) electrons. The summed E-state index contributed by atoms with van der Waals surface area (Å²) in [4.78, 5) is 4.88. The van der Waals surface area contributed by atoms with Crippen LogP contribution in [0, 0.1) is 5.41 Å². The molecule has 1 fully saturated rings. The largest absolute Gasteiger partial charge is 0.327 e. The molecule has 0 aliphatic heterocycles. The van der Waals surface area contributed by atoms with E-state index in [0.29, 0.717) is 28.1 Å². The highest BCUT2D eigenvalue weighted by atomic mass is 35.5. The summed E-state index contributed by atoms with van der Waals surface area (Å²) < 4.78 is 26.0. The monoisotopic (exact) mass is 326 g/mol. The highest BCUT2D eigenvalue weighted by molar-refractivity contribution is 7.91. The van der Waals surface area contributed by atoms with E-state index in [4.69, 9.17) is 11.6 Å². The van der Waals surface area contributed by atoms with E-state index in [1.165, 1.54) is 19.1 Å². The number of sulfone groups is 1. The second-order valence-corrected chi connectivity index (χ2v) is 8.62. The van der Waals surface area contributed by atoms with E-state index in [2.05, 4.69) is 16.5 Å². The molecule has 1 saturated carbocycles. The topological polar surface area (TPSA) is 52.0 Å². The number of fused-ring (bicyclic) bond motifs is 1. The lowest BCUT2D eigenvalue weighted by atomic mass is 10.1. The van der Waals surface area contributed by atoms with Crippen LogP contribution < -0.4 is 0 Å². The smallest absolute Gasteiger partial charge is 0.177 e. The number of benzene rings is 1. The van der Waals surface area contributed by atoms with E-state index < -0.39 is 9.84 Å². The molecule has 0 saturated heterocycles. The van der Waals surface area contributed by atoms with Crippen molar-refractivity contribution >= 4 is 32.5 Å². The minimum absolute atomic E-state index is 0.301. The van der Waals surface area contributed by atoms with Gasteiger partial charge in [-0.3, -0.25) is 0 Å². The maximum absolute atomic E-state index is 11.9. The first-order chi connectivity index (χ1) is 9.84. The van der Waals surface area contributed by atoms with Crippen molar-refractivity contribution in [2.75, 3.05) is 12.1 Å². The molecule has 1 aromatic heterocycles. The number of rotatable bonds is 5. The lowest BCUT2D eigenvalue weighted by Gasteiger charge is -2.13. The van der Waals surface area contributed by atoms with Crippen LogP contribution in [0.4, 0.5) is 0 Å². The molecule has 0 spiro atoms. The van der Waals surface area contributed by atoms with Crippen LogP contribution in [0.3, 0.4) is 0 Å². The molecule has 3 rings (SSSR count). The summed E-state index contributed by atoms with van der Waals surface area (Å²) in [6.07, 6.45) is 4.29. The molecule has 1 heterocycles. The summed E-state index contributed by atoms with van der Waals surface area (Å²) in [6, 6.07) is 5.36. The molecule has 4 nitrogen and oxygen atoms in total. The Morgan fingerprint density at radius 2 is 2.10 bits per heavy atom. The third-order valence-electron chi connectivity index (χ3n) is 4.18. The van der Waals surface area contributed by atoms with Crippen LogP contribution in [0.25, 0.3) is 11.0 Å². The first-order valence-electron chi connectivity index (χ1n) is 7.08. The van der Waals surface area contributed by atoms with Gasteiger partial charge in [0.15, 0.2) is 9.84 Å². The number of alkyl halides is 1. The quantitative estimate of drug-likeness (QED) is 0.794. The molecule has 114 valence electrons. The van der Waals surface area contributed by atoms with Gasteiger partial charge in [-0.15, -0.1) is 11.6 Å². The van der Waals surface area contributed by atoms with Crippen LogP contribution in [0.2, 0.25) is 0 Å². The fourth-order valence-corrected chi connectivity index (χ4v) is 3.67. The van der Waals surface area contributed by atoms with Crippen LogP contribution in [-0.2, 0) is 22.8 Å². The van der Waals surface area contributed by atoms with Gasteiger partial charge in [-0.05, 0) is 30.4 Å². The zero-order valence-corrected chi connectivity index (χ0v) is 13.8. The van der Waals surface area contributed by atoms with E-state index in [1.54, 1.807) is 12.1 Å². The zero-order valence-electron chi connectivity index (χ0n) is 12.3. The van der Waals surface area contributed by atoms with Gasteiger partial charge in [-0.1, -0.05) is 13.0 Å². The van der Waals surface area contributed by atoms with Crippen molar-refractivity contribution in [3.05, 3.63) is 24.0 Å². The maximum Gasteiger partial charge on any atom is 0.177 e. The van der Waals surface area contributed by atoms with Crippen LogP contribution in [0.5, 0.6) is 0 Å². The fourth-order valence-electron chi connectivity index (χ4n) is 2.67. The predicted molar refractivity (Wildman–Crippen MR) is 84.6 cm³/mol. The van der Waals surface area contributed by atoms with E-state index in [-0.39, 0.29) is 0 Å². The lowest BCUT2D eigenvalue weighted by Crippen LogP contribution is -2.11. The SMILES string of the molecule is CC1(Cn2c(CCCl)nc3c(S(C)(=O)=O)cccc32)CC1. The third-order valence-corrected chi connectivity index (χ3v) is 5.50. The Bertz CT molecular complexity index is 791. The van der Waals surface area contributed by atoms with Crippen LogP contribution >= 0.6 is 11.6 Å². The van der Waals surface area contributed by atoms with E-state index >= 15 is 0 Å². The first-order valence-corrected chi connectivity index (χ1v) is 9.51. The van der Waals surface area contributed by atoms with E-state index in [0.717, 1.165) is 17.9 Å². The Balaban J connectivity index is 2.21. The van der Waals surface area contributed by atoms with Gasteiger partial charge in [0.25, 0.3) is 0 Å². The molecule has 6 heteroatoms. The van der Waals surface area contributed by atoms with Crippen LogP contribution in [0.1, 0.15) is 25.6 Å². The summed E-state index contributed by atoms with van der Waals surface area (Å²) in [5.74, 6) is 1.36. The molecule has 1 aromatic carbocycles. The maximum atomic E-state index is 11.9. The number of hydrogen-bond acceptors (Lipinski definition) is 3. The number of imidazole rings is 1. The standard InChI is InChI=1S/C15H19ClN2O2S/c1-15(7-8-15)10-18-11-4-3-5-12(21(2,19)20)14(11)17-13(18)6-9-16/h3-5H,6-10H2,1-2H3. The number of aryl methyl sites for hydroxylation is 1. The highest BCUT2D eigenvalue weighted by Crippen LogP contribution is 2.47. The summed E-state index contributed by atoms with van der Waals surface area (Å²) >= 11 is 5.88. The Hall–Kier alpha value is -1.07. The van der Waals surface area contributed by atoms with Crippen molar-refractivity contribution in [3.8, 4) is 0 Å². The molecule has 1 aliphatic carbocycles. The van der Waals surface area contributed by atoms with E-state index in [1.807, 2.05) is 6.07 Å². The van der Waals surface area contributed by atoms with Gasteiger partial charge in [0.2, 0.25) is 0 Å². The average Bonchev–Trinajstić information content (AvgIpc) is 3.03. The first kappa shape index (κ1) is 14.9. The lowest BCUT2D eigenvalue weighted by molar-refractivity contribution is 0.462. The van der Waals surface area contributed by atoms with Crippen molar-refractivity contribution in [1.29, 1.82) is 0 Å². The van der Waals surface area contributed by atoms with Gasteiger partial charge < -0.3 is 4.57 Å². The molecular weight excluding hydrogens is 308 g/mol. The molecule has 2 aromatic rings. The van der Waals surface area contributed by atoms with E-state index in [9.17, 15) is 8.42 Å². The fraction of sp³-hybridized carbons (Fsp3) is 0.533. The summed E-state index contributed by atoms with van der Waals surface area (Å²) in [6.45, 7) is 3.13. The predicted octanol–water partition coefficient (Wildman–Crippen LogP) is 3.02. The van der Waals surface area contributed by atoms with Crippen LogP contribution in [-0.4, -0.2) is 30.1 Å². The highest BCUT2D eigenvalue weighted by Gasteiger charge is 2.38. The number of hydrogen-bond donors (Lipinski definition) is 0. The molecule has 21 heavy (non-hydrogen) atoms. The van der Waals surface area contributed by atoms with Gasteiger partial charge in [0.05, 0.1) is 10.4 Å². The molecule has 0 unspecified atom stereocenters. The summed E-state index contributed by atoms with van der Waals surface area (Å²) in [5.41, 5.74) is 1.78. The Kier molecular flexibility index (Phi) is 3.53. The molecule has 1 aliphatic rings. The number of para-hydroxylation sites is 1. The Labute approximate surface area is 130 Å². The summed E-state index contributed by atoms with van der Waals surface area (Å²) in [7, 11) is -3.28. The van der Waals surface area contributed by atoms with Crippen molar-refractivity contribution in [1.82, 2.24) is 9.55 Å². The molecule has 0 bridgehead atoms. The van der Waals surface area contributed by atoms with Crippen molar-refractivity contribution < 1.29 is 8.42 Å². The number of nitrogens with zero attached hydrogens (tertiary/aromatic N) is 2. The average molecular weight is 327 g/mol. The van der Waals surface area contributed by atoms with Gasteiger partial charge in [0, 0.05) is 25.1 Å². The molecule has 0 N–H and O–H groups in total. The Morgan fingerprint density at radius 1 is 1.38 bits per heavy atom. The van der Waals surface area contributed by atoms with Gasteiger partial charge in [-0.2, -0.15) is 0 Å². The zero-order chi connectivity index (χ0) is 15.3. The van der Waals surface area contributed by atoms with Gasteiger partial charge in [-0.25, -0.2) is 13.4 Å². The normalized spacial score (nSPS) is 17.3. The minimum Gasteiger partial charge on any atom is -0.327 e.